The molecule has 2 atom stereocenters. The van der Waals surface area contributed by atoms with E-state index in [0.29, 0.717) is 31.6 Å². The van der Waals surface area contributed by atoms with Crippen molar-refractivity contribution in [1.82, 2.24) is 10.2 Å². The van der Waals surface area contributed by atoms with Crippen molar-refractivity contribution in [3.05, 3.63) is 70.8 Å². The minimum absolute atomic E-state index is 0.0764. The SMILES string of the molecule is CC(C(=O)N[C@]1(c2ccccc2)CC[C@@H](N2CCC3(CCC(O)CO3)CC2)CC1)c1cc(C(F)(F)F)cc(C(F)(F)F)c1. The van der Waals surface area contributed by atoms with E-state index in [1.807, 2.05) is 30.3 Å². The zero-order chi connectivity index (χ0) is 31.0. The van der Waals surface area contributed by atoms with Crippen molar-refractivity contribution in [2.75, 3.05) is 19.7 Å². The van der Waals surface area contributed by atoms with Crippen LogP contribution in [0.1, 0.15) is 86.5 Å². The van der Waals surface area contributed by atoms with Crippen molar-refractivity contribution >= 4 is 5.91 Å². The van der Waals surface area contributed by atoms with Gasteiger partial charge in [-0.15, -0.1) is 0 Å². The number of nitrogens with one attached hydrogen (secondary N) is 1. The monoisotopic (exact) mass is 612 g/mol. The van der Waals surface area contributed by atoms with Crippen LogP contribution in [0.3, 0.4) is 0 Å². The van der Waals surface area contributed by atoms with Gasteiger partial charge in [-0.25, -0.2) is 0 Å². The van der Waals surface area contributed by atoms with Gasteiger partial charge in [0.05, 0.1) is 40.9 Å². The summed E-state index contributed by atoms with van der Waals surface area (Å²) in [5, 5.41) is 12.9. The fourth-order valence-corrected chi connectivity index (χ4v) is 6.98. The Bertz CT molecular complexity index is 1220. The Morgan fingerprint density at radius 2 is 1.49 bits per heavy atom. The van der Waals surface area contributed by atoms with Crippen LogP contribution in [-0.4, -0.2) is 53.4 Å². The summed E-state index contributed by atoms with van der Waals surface area (Å²) in [5.41, 5.74) is -3.31. The quantitative estimate of drug-likeness (QED) is 0.365. The minimum Gasteiger partial charge on any atom is -0.391 e. The van der Waals surface area contributed by atoms with Gasteiger partial charge in [-0.1, -0.05) is 30.3 Å². The van der Waals surface area contributed by atoms with E-state index < -0.39 is 46.9 Å². The topological polar surface area (TPSA) is 61.8 Å². The van der Waals surface area contributed by atoms with Crippen LogP contribution in [-0.2, 0) is 27.4 Å². The molecule has 2 N–H and O–H groups in total. The predicted molar refractivity (Wildman–Crippen MR) is 148 cm³/mol. The van der Waals surface area contributed by atoms with Crippen LogP contribution >= 0.6 is 0 Å². The second-order valence-corrected chi connectivity index (χ2v) is 12.5. The zero-order valence-electron chi connectivity index (χ0n) is 24.1. The van der Waals surface area contributed by atoms with Crippen molar-refractivity contribution in [2.45, 2.75) is 99.8 Å². The first-order valence-electron chi connectivity index (χ1n) is 14.9. The first-order chi connectivity index (χ1) is 20.2. The molecule has 2 heterocycles. The lowest BCUT2D eigenvalue weighted by Gasteiger charge is -2.49. The molecular weight excluding hydrogens is 574 g/mol. The van der Waals surface area contributed by atoms with Gasteiger partial charge < -0.3 is 20.1 Å². The molecule has 0 radical (unpaired) electrons. The van der Waals surface area contributed by atoms with E-state index in [1.165, 1.54) is 6.92 Å². The van der Waals surface area contributed by atoms with Crippen LogP contribution in [0, 0.1) is 0 Å². The highest BCUT2D eigenvalue weighted by molar-refractivity contribution is 5.84. The maximum Gasteiger partial charge on any atom is 0.416 e. The summed E-state index contributed by atoms with van der Waals surface area (Å²) in [6.07, 6.45) is -4.27. The molecule has 1 amide bonds. The van der Waals surface area contributed by atoms with Crippen LogP contribution in [0.4, 0.5) is 26.3 Å². The van der Waals surface area contributed by atoms with E-state index in [-0.39, 0.29) is 23.3 Å². The number of aliphatic hydroxyl groups excluding tert-OH is 1. The van der Waals surface area contributed by atoms with Crippen LogP contribution in [0.25, 0.3) is 0 Å². The summed E-state index contributed by atoms with van der Waals surface area (Å²) in [6, 6.07) is 11.0. The summed E-state index contributed by atoms with van der Waals surface area (Å²) in [5.74, 6) is -1.86. The Morgan fingerprint density at radius 3 is 2.00 bits per heavy atom. The molecule has 236 valence electrons. The number of alkyl halides is 6. The van der Waals surface area contributed by atoms with Crippen LogP contribution in [0.5, 0.6) is 0 Å². The number of carbonyl (C=O) groups is 1. The number of carbonyl (C=O) groups excluding carboxylic acids is 1. The highest BCUT2D eigenvalue weighted by Crippen LogP contribution is 2.43. The molecule has 2 aliphatic heterocycles. The number of piperidine rings is 1. The summed E-state index contributed by atoms with van der Waals surface area (Å²) in [7, 11) is 0. The van der Waals surface area contributed by atoms with Gasteiger partial charge in [-0.3, -0.25) is 4.79 Å². The third-order valence-electron chi connectivity index (χ3n) is 9.74. The van der Waals surface area contributed by atoms with E-state index in [9.17, 15) is 36.2 Å². The van der Waals surface area contributed by atoms with Crippen LogP contribution < -0.4 is 5.32 Å². The number of ether oxygens (including phenoxy) is 1. The molecule has 2 aromatic rings. The average Bonchev–Trinajstić information content (AvgIpc) is 2.98. The number of likely N-dealkylation sites (tertiary alicyclic amines) is 1. The highest BCUT2D eigenvalue weighted by Gasteiger charge is 2.44. The third kappa shape index (κ3) is 7.04. The predicted octanol–water partition coefficient (Wildman–Crippen LogP) is 6.79. The summed E-state index contributed by atoms with van der Waals surface area (Å²) in [4.78, 5) is 16.0. The van der Waals surface area contributed by atoms with Crippen molar-refractivity contribution in [3.8, 4) is 0 Å². The molecular formula is C32H38F6N2O3. The third-order valence-corrected chi connectivity index (χ3v) is 9.74. The standard InChI is InChI=1S/C32H38F6N2O3/c1-21(22-17-24(31(33,34)35)19-25(18-22)32(36,37)38)28(42)39-30(23-5-3-2-4-6-23)11-7-26(8-12-30)40-15-13-29(14-16-40)10-9-27(41)20-43-29/h2-6,17-19,21,26-27,41H,7-16,20H2,1H3,(H,39,42)/t21?,26-,27?,30-. The molecule has 3 fully saturated rings. The zero-order valence-corrected chi connectivity index (χ0v) is 24.1. The van der Waals surface area contributed by atoms with Gasteiger partial charge in [-0.2, -0.15) is 26.3 Å². The number of benzene rings is 2. The van der Waals surface area contributed by atoms with E-state index in [4.69, 9.17) is 4.74 Å². The smallest absolute Gasteiger partial charge is 0.391 e. The Labute approximate surface area is 247 Å². The van der Waals surface area contributed by atoms with E-state index in [0.717, 1.165) is 57.2 Å². The maximum atomic E-state index is 13.6. The number of rotatable bonds is 5. The lowest BCUT2D eigenvalue weighted by atomic mass is 9.73. The molecule has 2 aromatic carbocycles. The lowest BCUT2D eigenvalue weighted by Crippen LogP contribution is -2.55. The number of amides is 1. The largest absolute Gasteiger partial charge is 0.416 e. The lowest BCUT2D eigenvalue weighted by molar-refractivity contribution is -0.150. The molecule has 2 unspecified atom stereocenters. The van der Waals surface area contributed by atoms with Crippen LogP contribution in [0.2, 0.25) is 0 Å². The second kappa shape index (κ2) is 12.0. The minimum atomic E-state index is -4.99. The van der Waals surface area contributed by atoms with Gasteiger partial charge in [0.25, 0.3) is 0 Å². The molecule has 11 heteroatoms. The van der Waals surface area contributed by atoms with Crippen molar-refractivity contribution in [2.24, 2.45) is 0 Å². The molecule has 2 saturated heterocycles. The fraction of sp³-hybridized carbons (Fsp3) is 0.594. The van der Waals surface area contributed by atoms with Gasteiger partial charge in [0.15, 0.2) is 0 Å². The Hall–Kier alpha value is -2.63. The molecule has 43 heavy (non-hydrogen) atoms. The van der Waals surface area contributed by atoms with E-state index in [1.54, 1.807) is 0 Å². The van der Waals surface area contributed by atoms with Crippen molar-refractivity contribution < 1.29 is 41.0 Å². The molecule has 0 aromatic heterocycles. The first kappa shape index (κ1) is 31.8. The number of nitrogens with zero attached hydrogens (tertiary/aromatic N) is 1. The Morgan fingerprint density at radius 1 is 0.907 bits per heavy atom. The molecule has 1 spiro atoms. The van der Waals surface area contributed by atoms with Gasteiger partial charge in [0.1, 0.15) is 0 Å². The van der Waals surface area contributed by atoms with Crippen LogP contribution in [0.15, 0.2) is 48.5 Å². The van der Waals surface area contributed by atoms with Crippen molar-refractivity contribution in [3.63, 3.8) is 0 Å². The number of aliphatic hydroxyl groups is 1. The summed E-state index contributed by atoms with van der Waals surface area (Å²) in [6.45, 7) is 3.46. The summed E-state index contributed by atoms with van der Waals surface area (Å²) < 4.78 is 86.9. The average molecular weight is 613 g/mol. The first-order valence-corrected chi connectivity index (χ1v) is 14.9. The second-order valence-electron chi connectivity index (χ2n) is 12.5. The van der Waals surface area contributed by atoms with E-state index in [2.05, 4.69) is 10.2 Å². The van der Waals surface area contributed by atoms with Gasteiger partial charge in [0, 0.05) is 19.1 Å². The molecule has 0 bridgehead atoms. The molecule has 3 aliphatic rings. The van der Waals surface area contributed by atoms with E-state index >= 15 is 0 Å². The highest BCUT2D eigenvalue weighted by atomic mass is 19.4. The maximum absolute atomic E-state index is 13.6. The number of hydrogen-bond donors (Lipinski definition) is 2. The van der Waals surface area contributed by atoms with Crippen molar-refractivity contribution in [1.29, 1.82) is 0 Å². The van der Waals surface area contributed by atoms with Gasteiger partial charge >= 0.3 is 12.4 Å². The normalized spacial score (nSPS) is 27.5. The Kier molecular flexibility index (Phi) is 8.90. The Balaban J connectivity index is 1.31. The fourth-order valence-electron chi connectivity index (χ4n) is 6.98. The van der Waals surface area contributed by atoms with Gasteiger partial charge in [-0.05, 0) is 87.6 Å². The number of hydrogen-bond acceptors (Lipinski definition) is 4. The number of halogens is 6. The molecule has 5 rings (SSSR count). The molecule has 1 aliphatic carbocycles. The molecule has 1 saturated carbocycles. The van der Waals surface area contributed by atoms with Gasteiger partial charge in [0.2, 0.25) is 5.91 Å². The summed E-state index contributed by atoms with van der Waals surface area (Å²) >= 11 is 0. The molecule has 5 nitrogen and oxygen atoms in total.